The van der Waals surface area contributed by atoms with Crippen molar-refractivity contribution >= 4 is 11.6 Å². The number of nitrogens with zero attached hydrogens (tertiary/aromatic N) is 2. The van der Waals surface area contributed by atoms with Crippen LogP contribution in [0, 0.1) is 11.8 Å². The predicted molar refractivity (Wildman–Crippen MR) is 93.1 cm³/mol. The molecule has 0 aliphatic rings. The lowest BCUT2D eigenvalue weighted by Gasteiger charge is -2.14. The van der Waals surface area contributed by atoms with Gasteiger partial charge in [0.15, 0.2) is 0 Å². The average molecular weight is 381 g/mol. The van der Waals surface area contributed by atoms with Crippen molar-refractivity contribution in [1.29, 1.82) is 0 Å². The van der Waals surface area contributed by atoms with Crippen LogP contribution >= 0.6 is 0 Å². The number of methoxy groups -OCH3 is 1. The van der Waals surface area contributed by atoms with Gasteiger partial charge in [-0.2, -0.15) is 13.2 Å². The summed E-state index contributed by atoms with van der Waals surface area (Å²) in [6, 6.07) is 4.59. The number of rotatable bonds is 6. The third-order valence-electron chi connectivity index (χ3n) is 3.55. The fraction of sp³-hybridized carbons (Fsp3) is 0.333. The van der Waals surface area contributed by atoms with Gasteiger partial charge in [-0.25, -0.2) is 4.98 Å². The molecule has 144 valence electrons. The molecule has 0 saturated carbocycles. The van der Waals surface area contributed by atoms with Crippen LogP contribution in [0.2, 0.25) is 0 Å². The van der Waals surface area contributed by atoms with Crippen LogP contribution in [0.1, 0.15) is 12.6 Å². The molecule has 0 atom stereocenters. The molecule has 1 heterocycles. The summed E-state index contributed by atoms with van der Waals surface area (Å²) in [7, 11) is 2.79. The number of hydrogen-bond acceptors (Lipinski definition) is 4. The molecule has 0 aliphatic heterocycles. The highest BCUT2D eigenvalue weighted by Crippen LogP contribution is 2.34. The summed E-state index contributed by atoms with van der Waals surface area (Å²) in [5, 5.41) is 2.57. The molecule has 2 rings (SSSR count). The predicted octanol–water partition coefficient (Wildman–Crippen LogP) is 3.09. The Morgan fingerprint density at radius 2 is 2.07 bits per heavy atom. The van der Waals surface area contributed by atoms with Crippen molar-refractivity contribution in [1.82, 2.24) is 9.55 Å². The van der Waals surface area contributed by atoms with Crippen LogP contribution in [-0.4, -0.2) is 35.8 Å². The summed E-state index contributed by atoms with van der Waals surface area (Å²) in [6.07, 6.45) is -3.75. The lowest BCUT2D eigenvalue weighted by atomic mass is 10.1. The largest absolute Gasteiger partial charge is 0.489 e. The number of anilines is 1. The Morgan fingerprint density at radius 3 is 2.67 bits per heavy atom. The molecule has 27 heavy (non-hydrogen) atoms. The van der Waals surface area contributed by atoms with E-state index in [0.717, 1.165) is 10.8 Å². The second kappa shape index (κ2) is 8.60. The highest BCUT2D eigenvalue weighted by atomic mass is 19.4. The summed E-state index contributed by atoms with van der Waals surface area (Å²) >= 11 is 0. The van der Waals surface area contributed by atoms with E-state index in [-0.39, 0.29) is 18.1 Å². The van der Waals surface area contributed by atoms with E-state index in [1.807, 2.05) is 0 Å². The van der Waals surface area contributed by atoms with Gasteiger partial charge in [0.05, 0.1) is 18.5 Å². The van der Waals surface area contributed by atoms with E-state index in [2.05, 4.69) is 22.1 Å². The summed E-state index contributed by atoms with van der Waals surface area (Å²) in [5.74, 6) is 4.68. The molecule has 0 radical (unpaired) electrons. The molecule has 0 unspecified atom stereocenters. The number of alkyl halides is 3. The number of hydrogen-bond donors (Lipinski definition) is 1. The Labute approximate surface area is 154 Å². The summed E-state index contributed by atoms with van der Waals surface area (Å²) in [4.78, 5) is 15.7. The lowest BCUT2D eigenvalue weighted by Crippen LogP contribution is -2.12. The first kappa shape index (κ1) is 20.3. The zero-order valence-corrected chi connectivity index (χ0v) is 15.0. The van der Waals surface area contributed by atoms with E-state index in [1.54, 1.807) is 12.1 Å². The number of ether oxygens (including phenoxy) is 2. The van der Waals surface area contributed by atoms with Crippen molar-refractivity contribution in [2.45, 2.75) is 13.1 Å². The second-order valence-corrected chi connectivity index (χ2v) is 5.41. The van der Waals surface area contributed by atoms with Gasteiger partial charge in [0.2, 0.25) is 0 Å². The van der Waals surface area contributed by atoms with E-state index in [4.69, 9.17) is 9.47 Å². The third kappa shape index (κ3) is 5.01. The quantitative estimate of drug-likeness (QED) is 0.617. The summed E-state index contributed by atoms with van der Waals surface area (Å²) in [6.45, 7) is 2.08. The first-order valence-corrected chi connectivity index (χ1v) is 7.86. The molecule has 0 bridgehead atoms. The molecule has 0 fully saturated rings. The molecule has 0 spiro atoms. The maximum atomic E-state index is 13.0. The van der Waals surface area contributed by atoms with Crippen molar-refractivity contribution in [3.63, 3.8) is 0 Å². The summed E-state index contributed by atoms with van der Waals surface area (Å²) < 4.78 is 50.4. The second-order valence-electron chi connectivity index (χ2n) is 5.41. The lowest BCUT2D eigenvalue weighted by molar-refractivity contribution is -0.143. The normalized spacial score (nSPS) is 10.9. The van der Waals surface area contributed by atoms with Gasteiger partial charge in [0.1, 0.15) is 23.9 Å². The maximum absolute atomic E-state index is 13.0. The van der Waals surface area contributed by atoms with Gasteiger partial charge in [-0.3, -0.25) is 4.79 Å². The van der Waals surface area contributed by atoms with Crippen LogP contribution in [0.3, 0.4) is 0 Å². The third-order valence-corrected chi connectivity index (χ3v) is 3.55. The Kier molecular flexibility index (Phi) is 6.47. The Balaban J connectivity index is 2.42. The number of carbonyl (C=O) groups excluding carboxylic acids is 1. The van der Waals surface area contributed by atoms with Crippen LogP contribution < -0.4 is 10.1 Å². The summed E-state index contributed by atoms with van der Waals surface area (Å²) in [5.41, 5.74) is -0.222. The van der Waals surface area contributed by atoms with E-state index in [0.29, 0.717) is 17.9 Å². The molecule has 0 saturated heterocycles. The van der Waals surface area contributed by atoms with Gasteiger partial charge in [-0.1, -0.05) is 5.92 Å². The number of halogens is 3. The van der Waals surface area contributed by atoms with Gasteiger partial charge in [0.25, 0.3) is 5.91 Å². The first-order valence-electron chi connectivity index (χ1n) is 7.86. The standard InChI is InChI=1S/C18H18F3N3O3/c1-4-5-16(25)23-13-10-12(6-7-14(13)27-9-8-26-3)17-22-11-15(24(17)2)18(19,20)21/h6-7,10-11H,8-9H2,1-3H3,(H,23,25). The Hall–Kier alpha value is -2.99. The van der Waals surface area contributed by atoms with Crippen LogP contribution in [0.4, 0.5) is 18.9 Å². The van der Waals surface area contributed by atoms with Crippen molar-refractivity contribution in [2.24, 2.45) is 7.05 Å². The smallest absolute Gasteiger partial charge is 0.433 e. The van der Waals surface area contributed by atoms with Crippen LogP contribution in [0.5, 0.6) is 5.75 Å². The van der Waals surface area contributed by atoms with Crippen molar-refractivity contribution in [2.75, 3.05) is 25.6 Å². The zero-order chi connectivity index (χ0) is 20.0. The van der Waals surface area contributed by atoms with Crippen LogP contribution in [0.15, 0.2) is 24.4 Å². The minimum Gasteiger partial charge on any atom is -0.489 e. The molecule has 2 aromatic rings. The van der Waals surface area contributed by atoms with E-state index in [9.17, 15) is 18.0 Å². The van der Waals surface area contributed by atoms with Gasteiger partial charge in [-0.05, 0) is 31.0 Å². The molecule has 1 amide bonds. The van der Waals surface area contributed by atoms with Crippen molar-refractivity contribution in [3.8, 4) is 29.0 Å². The molecule has 0 aliphatic carbocycles. The van der Waals surface area contributed by atoms with Gasteiger partial charge in [0, 0.05) is 19.7 Å². The number of amides is 1. The monoisotopic (exact) mass is 381 g/mol. The zero-order valence-electron chi connectivity index (χ0n) is 15.0. The van der Waals surface area contributed by atoms with E-state index in [1.165, 1.54) is 27.1 Å². The number of imidazole rings is 1. The SMILES string of the molecule is CC#CC(=O)Nc1cc(-c2ncc(C(F)(F)F)n2C)ccc1OCCOC. The topological polar surface area (TPSA) is 65.4 Å². The van der Waals surface area contributed by atoms with Crippen molar-refractivity contribution in [3.05, 3.63) is 30.1 Å². The fourth-order valence-electron chi connectivity index (χ4n) is 2.34. The first-order chi connectivity index (χ1) is 12.8. The number of nitrogens with one attached hydrogen (secondary N) is 1. The molecule has 1 aromatic heterocycles. The highest BCUT2D eigenvalue weighted by molar-refractivity contribution is 6.05. The van der Waals surface area contributed by atoms with Crippen molar-refractivity contribution < 1.29 is 27.4 Å². The molecule has 1 aromatic carbocycles. The molecule has 6 nitrogen and oxygen atoms in total. The van der Waals surface area contributed by atoms with E-state index >= 15 is 0 Å². The average Bonchev–Trinajstić information content (AvgIpc) is 2.98. The fourth-order valence-corrected chi connectivity index (χ4v) is 2.34. The Bertz CT molecular complexity index is 879. The number of benzene rings is 1. The Morgan fingerprint density at radius 1 is 1.33 bits per heavy atom. The van der Waals surface area contributed by atoms with Gasteiger partial charge < -0.3 is 19.4 Å². The minimum absolute atomic E-state index is 0.0999. The van der Waals surface area contributed by atoms with Gasteiger partial charge >= 0.3 is 6.18 Å². The highest BCUT2D eigenvalue weighted by Gasteiger charge is 2.35. The molecular formula is C18H18F3N3O3. The maximum Gasteiger partial charge on any atom is 0.433 e. The minimum atomic E-state index is -4.52. The van der Waals surface area contributed by atoms with E-state index < -0.39 is 17.8 Å². The molecule has 1 N–H and O–H groups in total. The van der Waals surface area contributed by atoms with Gasteiger partial charge in [-0.15, -0.1) is 0 Å². The van der Waals surface area contributed by atoms with Crippen LogP contribution in [-0.2, 0) is 22.8 Å². The number of aromatic nitrogens is 2. The molecule has 9 heteroatoms. The van der Waals surface area contributed by atoms with Crippen LogP contribution in [0.25, 0.3) is 11.4 Å². The molecular weight excluding hydrogens is 363 g/mol. The number of carbonyl (C=O) groups is 1.